The largest absolute Gasteiger partial charge is 0.364 e. The third-order valence-electron chi connectivity index (χ3n) is 5.18. The van der Waals surface area contributed by atoms with Crippen LogP contribution in [0.15, 0.2) is 48.5 Å². The molecule has 0 aliphatic rings. The second kappa shape index (κ2) is 6.49. The number of amides is 1. The third-order valence-corrected chi connectivity index (χ3v) is 5.18. The van der Waals surface area contributed by atoms with Crippen molar-refractivity contribution in [3.8, 4) is 11.4 Å². The van der Waals surface area contributed by atoms with Gasteiger partial charge in [0.1, 0.15) is 11.5 Å². The molecule has 0 aliphatic carbocycles. The average molecular weight is 372 g/mol. The first kappa shape index (κ1) is 17.7. The summed E-state index contributed by atoms with van der Waals surface area (Å²) >= 11 is 0. The Hall–Kier alpha value is -3.67. The minimum absolute atomic E-state index is 0.0401. The predicted molar refractivity (Wildman–Crippen MR) is 108 cm³/mol. The average Bonchev–Trinajstić information content (AvgIpc) is 3.19. The first-order chi connectivity index (χ1) is 13.4. The Bertz CT molecular complexity index is 1230. The van der Waals surface area contributed by atoms with E-state index < -0.39 is 5.91 Å². The molecule has 140 valence electrons. The van der Waals surface area contributed by atoms with Gasteiger partial charge in [0.15, 0.2) is 5.78 Å². The molecule has 0 bridgehead atoms. The van der Waals surface area contributed by atoms with Gasteiger partial charge in [0, 0.05) is 29.4 Å². The van der Waals surface area contributed by atoms with Gasteiger partial charge in [0.25, 0.3) is 5.91 Å². The fourth-order valence-electron chi connectivity index (χ4n) is 3.70. The summed E-state index contributed by atoms with van der Waals surface area (Å²) < 4.78 is 1.78. The zero-order chi connectivity index (χ0) is 20.0. The van der Waals surface area contributed by atoms with Crippen LogP contribution >= 0.6 is 0 Å². The number of nitrogens with zero attached hydrogens (tertiary/aromatic N) is 2. The number of benzene rings is 2. The van der Waals surface area contributed by atoms with Gasteiger partial charge in [-0.3, -0.25) is 9.59 Å². The van der Waals surface area contributed by atoms with Crippen LogP contribution in [0.3, 0.4) is 0 Å². The number of primary amides is 1. The maximum atomic E-state index is 12.7. The summed E-state index contributed by atoms with van der Waals surface area (Å²) in [5.41, 5.74) is 11.3. The van der Waals surface area contributed by atoms with Crippen molar-refractivity contribution in [1.29, 1.82) is 0 Å². The molecular formula is C22H20N4O2. The lowest BCUT2D eigenvalue weighted by Crippen LogP contribution is -2.16. The predicted octanol–water partition coefficient (Wildman–Crippen LogP) is 3.52. The van der Waals surface area contributed by atoms with Crippen molar-refractivity contribution in [2.45, 2.75) is 13.8 Å². The molecule has 0 fully saturated rings. The van der Waals surface area contributed by atoms with Crippen molar-refractivity contribution >= 4 is 22.7 Å². The summed E-state index contributed by atoms with van der Waals surface area (Å²) in [5.74, 6) is 0.139. The van der Waals surface area contributed by atoms with Gasteiger partial charge < -0.3 is 15.3 Å². The number of hydrogen-bond acceptors (Lipinski definition) is 3. The van der Waals surface area contributed by atoms with Gasteiger partial charge >= 0.3 is 0 Å². The van der Waals surface area contributed by atoms with Crippen molar-refractivity contribution in [3.05, 3.63) is 76.6 Å². The number of nitrogens with one attached hydrogen (secondary N) is 1. The van der Waals surface area contributed by atoms with Crippen molar-refractivity contribution in [3.63, 3.8) is 0 Å². The Balaban J connectivity index is 1.81. The molecule has 0 radical (unpaired) electrons. The molecule has 0 unspecified atom stereocenters. The second-order valence-electron chi connectivity index (χ2n) is 6.87. The van der Waals surface area contributed by atoms with Crippen LogP contribution in [0.5, 0.6) is 0 Å². The highest BCUT2D eigenvalue weighted by Crippen LogP contribution is 2.31. The molecule has 4 aromatic rings. The van der Waals surface area contributed by atoms with Crippen molar-refractivity contribution < 1.29 is 9.59 Å². The van der Waals surface area contributed by atoms with E-state index in [1.165, 1.54) is 0 Å². The molecule has 0 spiro atoms. The van der Waals surface area contributed by atoms with E-state index in [9.17, 15) is 9.59 Å². The van der Waals surface area contributed by atoms with E-state index in [0.29, 0.717) is 22.6 Å². The minimum Gasteiger partial charge on any atom is -0.364 e. The molecule has 3 N–H and O–H groups in total. The van der Waals surface area contributed by atoms with Crippen LogP contribution < -0.4 is 5.73 Å². The van der Waals surface area contributed by atoms with Gasteiger partial charge in [-0.15, -0.1) is 0 Å². The first-order valence-corrected chi connectivity index (χ1v) is 8.94. The summed E-state index contributed by atoms with van der Waals surface area (Å²) in [5, 5.41) is 0. The van der Waals surface area contributed by atoms with E-state index in [1.54, 1.807) is 22.8 Å². The Morgan fingerprint density at radius 2 is 1.75 bits per heavy atom. The number of H-pyrrole nitrogens is 1. The standard InChI is InChI=1S/C22H20N4O2/c1-12-18(13(2)26(3)19(12)21(23)28)22-24-16-10-9-15(11-17(16)25-22)20(27)14-7-5-4-6-8-14/h4-11H,1-3H3,(H2,23,28)(H,24,25). The molecule has 2 heterocycles. The summed E-state index contributed by atoms with van der Waals surface area (Å²) in [4.78, 5) is 32.5. The molecule has 2 aromatic heterocycles. The van der Waals surface area contributed by atoms with Crippen molar-refractivity contribution in [2.24, 2.45) is 12.8 Å². The quantitative estimate of drug-likeness (QED) is 0.537. The van der Waals surface area contributed by atoms with Crippen LogP contribution in [0.4, 0.5) is 0 Å². The summed E-state index contributed by atoms with van der Waals surface area (Å²) in [6.07, 6.45) is 0. The maximum absolute atomic E-state index is 12.7. The van der Waals surface area contributed by atoms with Gasteiger partial charge in [-0.1, -0.05) is 30.3 Å². The molecule has 0 saturated heterocycles. The first-order valence-electron chi connectivity index (χ1n) is 8.94. The number of fused-ring (bicyclic) bond motifs is 1. The highest BCUT2D eigenvalue weighted by Gasteiger charge is 2.22. The van der Waals surface area contributed by atoms with Crippen LogP contribution in [-0.2, 0) is 7.05 Å². The zero-order valence-electron chi connectivity index (χ0n) is 15.9. The lowest BCUT2D eigenvalue weighted by Gasteiger charge is -2.01. The topological polar surface area (TPSA) is 93.8 Å². The number of nitrogens with two attached hydrogens (primary N) is 1. The number of ketones is 1. The molecule has 6 heteroatoms. The number of carbonyl (C=O) groups excluding carboxylic acids is 2. The molecule has 0 atom stereocenters. The number of rotatable bonds is 4. The van der Waals surface area contributed by atoms with Crippen molar-refractivity contribution in [2.75, 3.05) is 0 Å². The second-order valence-corrected chi connectivity index (χ2v) is 6.87. The number of aromatic amines is 1. The van der Waals surface area contributed by atoms with Gasteiger partial charge in [-0.25, -0.2) is 4.98 Å². The Labute approximate surface area is 162 Å². The fraction of sp³-hybridized carbons (Fsp3) is 0.136. The molecule has 0 aliphatic heterocycles. The van der Waals surface area contributed by atoms with Gasteiger partial charge in [-0.05, 0) is 37.6 Å². The van der Waals surface area contributed by atoms with Crippen LogP contribution in [0.25, 0.3) is 22.4 Å². The lowest BCUT2D eigenvalue weighted by molar-refractivity contribution is 0.0990. The van der Waals surface area contributed by atoms with Crippen LogP contribution in [-0.4, -0.2) is 26.2 Å². The normalized spacial score (nSPS) is 11.1. The summed E-state index contributed by atoms with van der Waals surface area (Å²) in [6.45, 7) is 3.78. The van der Waals surface area contributed by atoms with Gasteiger partial charge in [0.2, 0.25) is 0 Å². The molecule has 0 saturated carbocycles. The van der Waals surface area contributed by atoms with Crippen molar-refractivity contribution in [1.82, 2.24) is 14.5 Å². The number of hydrogen-bond donors (Lipinski definition) is 2. The smallest absolute Gasteiger partial charge is 0.265 e. The van der Waals surface area contributed by atoms with E-state index in [0.717, 1.165) is 27.9 Å². The highest BCUT2D eigenvalue weighted by atomic mass is 16.1. The van der Waals surface area contributed by atoms with Crippen LogP contribution in [0.2, 0.25) is 0 Å². The zero-order valence-corrected chi connectivity index (χ0v) is 15.9. The number of carbonyl (C=O) groups is 2. The van der Waals surface area contributed by atoms with E-state index in [-0.39, 0.29) is 5.78 Å². The summed E-state index contributed by atoms with van der Waals surface area (Å²) in [6, 6.07) is 14.6. The molecule has 28 heavy (non-hydrogen) atoms. The fourth-order valence-corrected chi connectivity index (χ4v) is 3.70. The van der Waals surface area contributed by atoms with Crippen LogP contribution in [0, 0.1) is 13.8 Å². The van der Waals surface area contributed by atoms with Gasteiger partial charge in [-0.2, -0.15) is 0 Å². The Morgan fingerprint density at radius 1 is 1.04 bits per heavy atom. The molecule has 4 rings (SSSR count). The van der Waals surface area contributed by atoms with Gasteiger partial charge in [0.05, 0.1) is 11.0 Å². The van der Waals surface area contributed by atoms with E-state index in [1.807, 2.05) is 51.2 Å². The SMILES string of the molecule is Cc1c(-c2nc3ccc(C(=O)c4ccccc4)cc3[nH]2)c(C)n(C)c1C(N)=O. The monoisotopic (exact) mass is 372 g/mol. The van der Waals surface area contributed by atoms with E-state index in [2.05, 4.69) is 9.97 Å². The Kier molecular flexibility index (Phi) is 4.11. The number of aromatic nitrogens is 3. The molecular weight excluding hydrogens is 352 g/mol. The maximum Gasteiger partial charge on any atom is 0.265 e. The third kappa shape index (κ3) is 2.70. The number of imidazole rings is 1. The molecule has 6 nitrogen and oxygen atoms in total. The summed E-state index contributed by atoms with van der Waals surface area (Å²) in [7, 11) is 1.81. The Morgan fingerprint density at radius 3 is 2.39 bits per heavy atom. The van der Waals surface area contributed by atoms with Crippen LogP contribution in [0.1, 0.15) is 37.7 Å². The minimum atomic E-state index is -0.471. The lowest BCUT2D eigenvalue weighted by atomic mass is 10.0. The van der Waals surface area contributed by atoms with E-state index >= 15 is 0 Å². The molecule has 1 amide bonds. The molecule has 2 aromatic carbocycles. The highest BCUT2D eigenvalue weighted by molar-refractivity contribution is 6.10. The van der Waals surface area contributed by atoms with E-state index in [4.69, 9.17) is 5.73 Å².